The lowest BCUT2D eigenvalue weighted by Crippen LogP contribution is -2.13. The fourth-order valence-corrected chi connectivity index (χ4v) is 5.51. The molecule has 5 rings (SSSR count). The Hall–Kier alpha value is -3.91. The molecule has 0 radical (unpaired) electrons. The van der Waals surface area contributed by atoms with Crippen LogP contribution in [0.3, 0.4) is 0 Å². The zero-order valence-electron chi connectivity index (χ0n) is 24.9. The van der Waals surface area contributed by atoms with E-state index in [0.717, 1.165) is 0 Å². The highest BCUT2D eigenvalue weighted by Gasteiger charge is 2.31. The van der Waals surface area contributed by atoms with Crippen molar-refractivity contribution >= 4 is 5.97 Å². The number of hydrogen-bond acceptors (Lipinski definition) is 2. The minimum Gasteiger partial charge on any atom is -0.461 e. The number of esters is 1. The summed E-state index contributed by atoms with van der Waals surface area (Å²) in [5.74, 6) is -0.395. The van der Waals surface area contributed by atoms with Gasteiger partial charge in [0, 0.05) is 11.5 Å². The molecule has 0 saturated heterocycles. The van der Waals surface area contributed by atoms with E-state index in [-0.39, 0.29) is 29.3 Å². The third kappa shape index (κ3) is 5.41. The van der Waals surface area contributed by atoms with Gasteiger partial charge in [-0.1, -0.05) is 121 Å². The molecule has 0 aromatic heterocycles. The molecule has 0 aliphatic heterocycles. The van der Waals surface area contributed by atoms with Gasteiger partial charge in [-0.2, -0.15) is 0 Å². The van der Waals surface area contributed by atoms with E-state index in [9.17, 15) is 4.79 Å². The molecular weight excluding hydrogens is 488 g/mol. The van der Waals surface area contributed by atoms with Crippen molar-refractivity contribution in [2.75, 3.05) is 6.61 Å². The van der Waals surface area contributed by atoms with Crippen LogP contribution in [0.1, 0.15) is 76.6 Å². The van der Waals surface area contributed by atoms with Gasteiger partial charge < -0.3 is 4.74 Å². The number of ether oxygens (including phenoxy) is 1. The Morgan fingerprint density at radius 2 is 1.02 bits per heavy atom. The molecule has 4 aromatic rings. The van der Waals surface area contributed by atoms with Gasteiger partial charge in [0.25, 0.3) is 0 Å². The first-order valence-corrected chi connectivity index (χ1v) is 14.2. The Labute approximate surface area is 239 Å². The molecule has 1 aliphatic rings. The lowest BCUT2D eigenvalue weighted by Gasteiger charge is -2.19. The van der Waals surface area contributed by atoms with Crippen molar-refractivity contribution in [2.45, 2.75) is 65.2 Å². The zero-order valence-corrected chi connectivity index (χ0v) is 24.9. The fourth-order valence-electron chi connectivity index (χ4n) is 5.51. The highest BCUT2D eigenvalue weighted by atomic mass is 16.5. The molecule has 2 heteroatoms. The van der Waals surface area contributed by atoms with Crippen molar-refractivity contribution in [1.82, 2.24) is 0 Å². The quantitative estimate of drug-likeness (QED) is 0.190. The van der Waals surface area contributed by atoms with Crippen LogP contribution in [0.2, 0.25) is 0 Å². The van der Waals surface area contributed by atoms with Gasteiger partial charge in [0.15, 0.2) is 0 Å². The van der Waals surface area contributed by atoms with Gasteiger partial charge in [0.05, 0.1) is 0 Å². The van der Waals surface area contributed by atoms with Crippen molar-refractivity contribution in [3.8, 4) is 33.4 Å². The molecule has 4 aromatic carbocycles. The topological polar surface area (TPSA) is 26.3 Å². The van der Waals surface area contributed by atoms with Crippen LogP contribution in [-0.4, -0.2) is 12.6 Å². The number of benzene rings is 4. The van der Waals surface area contributed by atoms with E-state index in [4.69, 9.17) is 4.74 Å². The number of carbonyl (C=O) groups is 1. The van der Waals surface area contributed by atoms with Crippen LogP contribution in [0.5, 0.6) is 0 Å². The molecule has 0 bridgehead atoms. The highest BCUT2D eigenvalue weighted by Crippen LogP contribution is 2.47. The molecule has 40 heavy (non-hydrogen) atoms. The maximum atomic E-state index is 12.4. The summed E-state index contributed by atoms with van der Waals surface area (Å²) < 4.78 is 5.76. The molecule has 204 valence electrons. The second-order valence-electron chi connectivity index (χ2n) is 13.2. The summed E-state index contributed by atoms with van der Waals surface area (Å²) >= 11 is 0. The predicted molar refractivity (Wildman–Crippen MR) is 168 cm³/mol. The number of carbonyl (C=O) groups excluding carboxylic acids is 1. The molecule has 0 N–H and O–H groups in total. The average molecular weight is 529 g/mol. The second-order valence-corrected chi connectivity index (χ2v) is 13.2. The molecule has 0 spiro atoms. The summed E-state index contributed by atoms with van der Waals surface area (Å²) in [4.78, 5) is 12.4. The third-order valence-electron chi connectivity index (χ3n) is 8.04. The van der Waals surface area contributed by atoms with E-state index < -0.39 is 0 Å². The van der Waals surface area contributed by atoms with Crippen LogP contribution in [0.25, 0.3) is 33.4 Å². The minimum absolute atomic E-state index is 0.0455. The van der Waals surface area contributed by atoms with E-state index in [1.165, 1.54) is 55.6 Å². The minimum atomic E-state index is -0.349. The maximum absolute atomic E-state index is 12.4. The third-order valence-corrected chi connectivity index (χ3v) is 8.04. The van der Waals surface area contributed by atoms with E-state index >= 15 is 0 Å². The molecule has 1 aliphatic carbocycles. The maximum Gasteiger partial charge on any atom is 0.333 e. The van der Waals surface area contributed by atoms with Crippen LogP contribution in [-0.2, 0) is 20.4 Å². The van der Waals surface area contributed by atoms with Gasteiger partial charge in [-0.3, -0.25) is 0 Å². The fraction of sp³-hybridized carbons (Fsp3) is 0.289. The predicted octanol–water partition coefficient (Wildman–Crippen LogP) is 9.85. The summed E-state index contributed by atoms with van der Waals surface area (Å²) in [6.45, 7) is 19.2. The first-order chi connectivity index (χ1) is 18.8. The molecule has 0 atom stereocenters. The van der Waals surface area contributed by atoms with Crippen molar-refractivity contribution in [2.24, 2.45) is 0 Å². The van der Waals surface area contributed by atoms with Crippen LogP contribution in [0.15, 0.2) is 97.1 Å². The lowest BCUT2D eigenvalue weighted by molar-refractivity contribution is -0.139. The van der Waals surface area contributed by atoms with Crippen molar-refractivity contribution in [3.05, 3.63) is 119 Å². The Kier molecular flexibility index (Phi) is 7.08. The van der Waals surface area contributed by atoms with Crippen LogP contribution >= 0.6 is 0 Å². The van der Waals surface area contributed by atoms with Crippen molar-refractivity contribution in [3.63, 3.8) is 0 Å². The monoisotopic (exact) mass is 528 g/mol. The number of fused-ring (bicyclic) bond motifs is 3. The van der Waals surface area contributed by atoms with Gasteiger partial charge in [0.2, 0.25) is 0 Å². The second kappa shape index (κ2) is 10.2. The van der Waals surface area contributed by atoms with E-state index in [1.807, 2.05) is 0 Å². The normalized spacial score (nSPS) is 13.1. The van der Waals surface area contributed by atoms with Crippen LogP contribution in [0.4, 0.5) is 0 Å². The molecular formula is C38H40O2. The van der Waals surface area contributed by atoms with Crippen LogP contribution in [0, 0.1) is 0 Å². The van der Waals surface area contributed by atoms with Gasteiger partial charge in [-0.25, -0.2) is 4.79 Å². The molecule has 2 nitrogen and oxygen atoms in total. The Balaban J connectivity index is 1.54. The highest BCUT2D eigenvalue weighted by molar-refractivity contribution is 5.88. The molecule has 0 unspecified atom stereocenters. The zero-order chi connectivity index (χ0) is 28.8. The summed E-state index contributed by atoms with van der Waals surface area (Å²) in [5, 5.41) is 0. The van der Waals surface area contributed by atoms with E-state index in [2.05, 4.69) is 133 Å². The standard InChI is InChI=1S/C38H40O2/c1-24(2)36(39)40-23-35-33-21-27(25-9-15-29(16-10-25)37(3,4)5)13-19-31(33)32-20-14-28(22-34(32)35)26-11-17-30(18-12-26)38(6,7)8/h9-22,35H,1,23H2,2-8H3. The Morgan fingerprint density at radius 1 is 0.650 bits per heavy atom. The summed E-state index contributed by atoms with van der Waals surface area (Å²) in [6, 6.07) is 31.1. The summed E-state index contributed by atoms with van der Waals surface area (Å²) in [7, 11) is 0. The molecule has 0 saturated carbocycles. The Morgan fingerprint density at radius 3 is 1.38 bits per heavy atom. The molecule has 0 heterocycles. The van der Waals surface area contributed by atoms with E-state index in [1.54, 1.807) is 6.92 Å². The van der Waals surface area contributed by atoms with E-state index in [0.29, 0.717) is 5.57 Å². The van der Waals surface area contributed by atoms with Gasteiger partial charge in [-0.05, 0) is 85.5 Å². The van der Waals surface area contributed by atoms with Gasteiger partial charge >= 0.3 is 5.97 Å². The summed E-state index contributed by atoms with van der Waals surface area (Å²) in [6.07, 6.45) is 0. The first kappa shape index (κ1) is 27.6. The summed E-state index contributed by atoms with van der Waals surface area (Å²) in [5.41, 5.74) is 12.8. The smallest absolute Gasteiger partial charge is 0.333 e. The molecule has 0 fully saturated rings. The number of hydrogen-bond donors (Lipinski definition) is 0. The first-order valence-electron chi connectivity index (χ1n) is 14.2. The molecule has 0 amide bonds. The number of rotatable bonds is 5. The van der Waals surface area contributed by atoms with Gasteiger partial charge in [0.1, 0.15) is 6.61 Å². The Bertz CT molecular complexity index is 1470. The van der Waals surface area contributed by atoms with Crippen molar-refractivity contribution in [1.29, 1.82) is 0 Å². The lowest BCUT2D eigenvalue weighted by atomic mass is 9.86. The van der Waals surface area contributed by atoms with Crippen LogP contribution < -0.4 is 0 Å². The largest absolute Gasteiger partial charge is 0.461 e. The van der Waals surface area contributed by atoms with Gasteiger partial charge in [-0.15, -0.1) is 0 Å². The SMILES string of the molecule is C=C(C)C(=O)OCC1c2cc(-c3ccc(C(C)(C)C)cc3)ccc2-c2ccc(-c3ccc(C(C)(C)C)cc3)cc21. The average Bonchev–Trinajstić information content (AvgIpc) is 3.22. The van der Waals surface area contributed by atoms with Crippen molar-refractivity contribution < 1.29 is 9.53 Å².